The van der Waals surface area contributed by atoms with Gasteiger partial charge in [-0.2, -0.15) is 0 Å². The molecule has 1 aromatic heterocycles. The average molecular weight is 261 g/mol. The van der Waals surface area contributed by atoms with E-state index < -0.39 is 5.97 Å². The highest BCUT2D eigenvalue weighted by Crippen LogP contribution is 2.25. The molecule has 0 aromatic carbocycles. The van der Waals surface area contributed by atoms with Crippen LogP contribution in [-0.2, 0) is 4.79 Å². The van der Waals surface area contributed by atoms with Gasteiger partial charge >= 0.3 is 5.97 Å². The van der Waals surface area contributed by atoms with Crippen LogP contribution < -0.4 is 0 Å². The van der Waals surface area contributed by atoms with E-state index in [4.69, 9.17) is 5.11 Å². The van der Waals surface area contributed by atoms with Gasteiger partial charge in [0.2, 0.25) is 0 Å². The average Bonchev–Trinajstić information content (AvgIpc) is 2.46. The van der Waals surface area contributed by atoms with E-state index >= 15 is 0 Å². The van der Waals surface area contributed by atoms with Gasteiger partial charge < -0.3 is 5.11 Å². The maximum absolute atomic E-state index is 10.7. The molecule has 0 bridgehead atoms. The van der Waals surface area contributed by atoms with Crippen molar-refractivity contribution in [3.8, 4) is 0 Å². The van der Waals surface area contributed by atoms with Crippen molar-refractivity contribution in [1.29, 1.82) is 0 Å². The molecule has 0 unspecified atom stereocenters. The summed E-state index contributed by atoms with van der Waals surface area (Å²) in [4.78, 5) is 10.7. The van der Waals surface area contributed by atoms with Gasteiger partial charge in [0.25, 0.3) is 0 Å². The highest BCUT2D eigenvalue weighted by Gasteiger charge is 2.05. The standard InChI is InChI=1S/C9H9BrO2S/c1-2-6(9(11)12)5-7-3-4-13-8(7)10/h3-5H,2H2,1H3,(H,11,12)/b6-5+. The molecule has 0 atom stereocenters. The Balaban J connectivity index is 2.98. The third kappa shape index (κ3) is 2.67. The van der Waals surface area contributed by atoms with Gasteiger partial charge in [0.15, 0.2) is 0 Å². The molecule has 2 nitrogen and oxygen atoms in total. The van der Waals surface area contributed by atoms with E-state index in [0.29, 0.717) is 12.0 Å². The molecule has 0 saturated carbocycles. The maximum atomic E-state index is 10.7. The monoisotopic (exact) mass is 260 g/mol. The molecule has 1 N–H and O–H groups in total. The van der Waals surface area contributed by atoms with Crippen molar-refractivity contribution >= 4 is 39.3 Å². The van der Waals surface area contributed by atoms with E-state index in [2.05, 4.69) is 15.9 Å². The predicted octanol–water partition coefficient (Wildman–Crippen LogP) is 3.39. The summed E-state index contributed by atoms with van der Waals surface area (Å²) >= 11 is 4.90. The van der Waals surface area contributed by atoms with E-state index in [1.54, 1.807) is 17.4 Å². The molecule has 70 valence electrons. The second kappa shape index (κ2) is 4.58. The second-order valence-electron chi connectivity index (χ2n) is 2.48. The Morgan fingerprint density at radius 3 is 2.85 bits per heavy atom. The minimum atomic E-state index is -0.847. The lowest BCUT2D eigenvalue weighted by molar-refractivity contribution is -0.132. The first-order valence-electron chi connectivity index (χ1n) is 3.82. The Morgan fingerprint density at radius 2 is 2.46 bits per heavy atom. The largest absolute Gasteiger partial charge is 0.478 e. The van der Waals surface area contributed by atoms with E-state index in [9.17, 15) is 4.79 Å². The smallest absolute Gasteiger partial charge is 0.331 e. The van der Waals surface area contributed by atoms with Gasteiger partial charge in [0.05, 0.1) is 3.79 Å². The van der Waals surface area contributed by atoms with Crippen LogP contribution in [0.15, 0.2) is 20.8 Å². The normalized spacial score (nSPS) is 11.7. The van der Waals surface area contributed by atoms with Gasteiger partial charge in [-0.05, 0) is 39.9 Å². The van der Waals surface area contributed by atoms with Crippen molar-refractivity contribution < 1.29 is 9.90 Å². The zero-order valence-corrected chi connectivity index (χ0v) is 9.48. The minimum absolute atomic E-state index is 0.430. The fraction of sp³-hybridized carbons (Fsp3) is 0.222. The lowest BCUT2D eigenvalue weighted by Gasteiger charge is -1.96. The number of carboxylic acids is 1. The van der Waals surface area contributed by atoms with Crippen molar-refractivity contribution in [2.45, 2.75) is 13.3 Å². The summed E-state index contributed by atoms with van der Waals surface area (Å²) < 4.78 is 0.972. The molecule has 4 heteroatoms. The van der Waals surface area contributed by atoms with Gasteiger partial charge in [-0.3, -0.25) is 0 Å². The zero-order valence-electron chi connectivity index (χ0n) is 7.08. The first kappa shape index (κ1) is 10.5. The van der Waals surface area contributed by atoms with Crippen LogP contribution in [0.3, 0.4) is 0 Å². The van der Waals surface area contributed by atoms with Crippen molar-refractivity contribution in [3.05, 3.63) is 26.4 Å². The Bertz CT molecular complexity index is 341. The second-order valence-corrected chi connectivity index (χ2v) is 4.71. The van der Waals surface area contributed by atoms with Crippen molar-refractivity contribution in [2.24, 2.45) is 0 Å². The quantitative estimate of drug-likeness (QED) is 0.847. The van der Waals surface area contributed by atoms with Gasteiger partial charge in [-0.1, -0.05) is 6.92 Å². The third-order valence-electron chi connectivity index (χ3n) is 1.63. The maximum Gasteiger partial charge on any atom is 0.331 e. The lowest BCUT2D eigenvalue weighted by atomic mass is 10.1. The molecule has 0 aliphatic heterocycles. The van der Waals surface area contributed by atoms with Crippen LogP contribution in [0.5, 0.6) is 0 Å². The van der Waals surface area contributed by atoms with Crippen LogP contribution >= 0.6 is 27.3 Å². The van der Waals surface area contributed by atoms with E-state index in [0.717, 1.165) is 9.35 Å². The summed E-state index contributed by atoms with van der Waals surface area (Å²) in [5, 5.41) is 10.7. The molecule has 1 rings (SSSR count). The fourth-order valence-electron chi connectivity index (χ4n) is 0.908. The fourth-order valence-corrected chi connectivity index (χ4v) is 2.08. The molecule has 0 spiro atoms. The number of aliphatic carboxylic acids is 1. The molecule has 0 saturated heterocycles. The summed E-state index contributed by atoms with van der Waals surface area (Å²) in [6, 6.07) is 1.90. The van der Waals surface area contributed by atoms with Crippen LogP contribution in [0.1, 0.15) is 18.9 Å². The summed E-state index contributed by atoms with van der Waals surface area (Å²) in [6.07, 6.45) is 2.24. The summed E-state index contributed by atoms with van der Waals surface area (Å²) in [5.74, 6) is -0.847. The third-order valence-corrected chi connectivity index (χ3v) is 3.36. The number of rotatable bonds is 3. The number of hydrogen-bond acceptors (Lipinski definition) is 2. The molecule has 0 aliphatic rings. The first-order chi connectivity index (χ1) is 6.15. The van der Waals surface area contributed by atoms with Crippen LogP contribution in [0.2, 0.25) is 0 Å². The van der Waals surface area contributed by atoms with Crippen LogP contribution in [0.4, 0.5) is 0 Å². The zero-order chi connectivity index (χ0) is 9.84. The molecular weight excluding hydrogens is 252 g/mol. The summed E-state index contributed by atoms with van der Waals surface area (Å²) in [7, 11) is 0. The van der Waals surface area contributed by atoms with E-state index in [1.165, 1.54) is 0 Å². The highest BCUT2D eigenvalue weighted by atomic mass is 79.9. The number of carbonyl (C=O) groups is 1. The molecular formula is C9H9BrO2S. The molecule has 0 amide bonds. The predicted molar refractivity (Wildman–Crippen MR) is 57.9 cm³/mol. The van der Waals surface area contributed by atoms with E-state index in [-0.39, 0.29) is 0 Å². The Hall–Kier alpha value is -0.610. The topological polar surface area (TPSA) is 37.3 Å². The van der Waals surface area contributed by atoms with Crippen molar-refractivity contribution in [1.82, 2.24) is 0 Å². The summed E-state index contributed by atoms with van der Waals surface area (Å²) in [5.41, 5.74) is 1.36. The number of hydrogen-bond donors (Lipinski definition) is 1. The Labute approximate surface area is 89.0 Å². The van der Waals surface area contributed by atoms with Crippen molar-refractivity contribution in [3.63, 3.8) is 0 Å². The number of thiophene rings is 1. The van der Waals surface area contributed by atoms with Gasteiger partial charge in [-0.25, -0.2) is 4.79 Å². The van der Waals surface area contributed by atoms with Crippen LogP contribution in [0.25, 0.3) is 6.08 Å². The number of halogens is 1. The molecule has 0 fully saturated rings. The summed E-state index contributed by atoms with van der Waals surface area (Å²) in [6.45, 7) is 1.83. The van der Waals surface area contributed by atoms with Crippen LogP contribution in [-0.4, -0.2) is 11.1 Å². The number of carboxylic acid groups (broad SMARTS) is 1. The molecule has 1 heterocycles. The lowest BCUT2D eigenvalue weighted by Crippen LogP contribution is -1.98. The first-order valence-corrected chi connectivity index (χ1v) is 5.49. The minimum Gasteiger partial charge on any atom is -0.478 e. The van der Waals surface area contributed by atoms with E-state index in [1.807, 2.05) is 18.4 Å². The van der Waals surface area contributed by atoms with Crippen LogP contribution in [0, 0.1) is 0 Å². The Kier molecular flexibility index (Phi) is 3.69. The van der Waals surface area contributed by atoms with Crippen molar-refractivity contribution in [2.75, 3.05) is 0 Å². The highest BCUT2D eigenvalue weighted by molar-refractivity contribution is 9.11. The van der Waals surface area contributed by atoms with Gasteiger partial charge in [-0.15, -0.1) is 11.3 Å². The molecule has 13 heavy (non-hydrogen) atoms. The molecule has 0 aliphatic carbocycles. The Morgan fingerprint density at radius 1 is 1.77 bits per heavy atom. The molecule has 0 radical (unpaired) electrons. The van der Waals surface area contributed by atoms with Gasteiger partial charge in [0, 0.05) is 11.1 Å². The SMILES string of the molecule is CC/C(=C\c1ccsc1Br)C(=O)O. The van der Waals surface area contributed by atoms with Gasteiger partial charge in [0.1, 0.15) is 0 Å². The molecule has 1 aromatic rings.